The fraction of sp³-hybridized carbons (Fsp3) is 0.316. The molecule has 2 aromatic rings. The second-order valence-electron chi connectivity index (χ2n) is 5.48. The van der Waals surface area contributed by atoms with Crippen LogP contribution in [0.3, 0.4) is 0 Å². The SMILES string of the molecule is COCc1ccc(C(=O)N(C)Cc2ccc(OC)c(OC)c2)cc1. The van der Waals surface area contributed by atoms with Crippen molar-refractivity contribution in [2.75, 3.05) is 28.4 Å². The van der Waals surface area contributed by atoms with Crippen LogP contribution in [0.5, 0.6) is 11.5 Å². The molecule has 0 saturated heterocycles. The van der Waals surface area contributed by atoms with Crippen molar-refractivity contribution in [3.63, 3.8) is 0 Å². The lowest BCUT2D eigenvalue weighted by Gasteiger charge is -2.18. The molecule has 2 rings (SSSR count). The second-order valence-corrected chi connectivity index (χ2v) is 5.48. The number of hydrogen-bond acceptors (Lipinski definition) is 4. The summed E-state index contributed by atoms with van der Waals surface area (Å²) < 4.78 is 15.6. The van der Waals surface area contributed by atoms with E-state index >= 15 is 0 Å². The summed E-state index contributed by atoms with van der Waals surface area (Å²) in [4.78, 5) is 14.2. The molecule has 0 atom stereocenters. The van der Waals surface area contributed by atoms with E-state index in [0.717, 1.165) is 11.1 Å². The van der Waals surface area contributed by atoms with Crippen LogP contribution < -0.4 is 9.47 Å². The topological polar surface area (TPSA) is 48.0 Å². The van der Waals surface area contributed by atoms with E-state index in [4.69, 9.17) is 14.2 Å². The van der Waals surface area contributed by atoms with Gasteiger partial charge >= 0.3 is 0 Å². The van der Waals surface area contributed by atoms with Gasteiger partial charge in [-0.05, 0) is 35.4 Å². The number of ether oxygens (including phenoxy) is 3. The molecule has 0 spiro atoms. The average molecular weight is 329 g/mol. The summed E-state index contributed by atoms with van der Waals surface area (Å²) >= 11 is 0. The van der Waals surface area contributed by atoms with Crippen molar-refractivity contribution in [1.29, 1.82) is 0 Å². The summed E-state index contributed by atoms with van der Waals surface area (Å²) in [6, 6.07) is 13.1. The van der Waals surface area contributed by atoms with Gasteiger partial charge < -0.3 is 19.1 Å². The highest BCUT2D eigenvalue weighted by Gasteiger charge is 2.13. The molecule has 5 nitrogen and oxygen atoms in total. The van der Waals surface area contributed by atoms with Crippen LogP contribution in [0.25, 0.3) is 0 Å². The molecule has 2 aromatic carbocycles. The largest absolute Gasteiger partial charge is 0.493 e. The molecule has 0 aliphatic carbocycles. The van der Waals surface area contributed by atoms with E-state index in [9.17, 15) is 4.79 Å². The summed E-state index contributed by atoms with van der Waals surface area (Å²) in [5.74, 6) is 1.29. The highest BCUT2D eigenvalue weighted by atomic mass is 16.5. The molecular formula is C19H23NO4. The Balaban J connectivity index is 2.08. The number of amides is 1. The normalized spacial score (nSPS) is 10.3. The molecule has 0 unspecified atom stereocenters. The molecule has 0 N–H and O–H groups in total. The minimum Gasteiger partial charge on any atom is -0.493 e. The molecule has 0 fully saturated rings. The summed E-state index contributed by atoms with van der Waals surface area (Å²) in [7, 11) is 6.62. The molecular weight excluding hydrogens is 306 g/mol. The third-order valence-corrected chi connectivity index (χ3v) is 3.73. The van der Waals surface area contributed by atoms with Crippen molar-refractivity contribution in [1.82, 2.24) is 4.90 Å². The molecule has 0 saturated carbocycles. The van der Waals surface area contributed by atoms with Gasteiger partial charge in [0, 0.05) is 26.3 Å². The number of hydrogen-bond donors (Lipinski definition) is 0. The highest BCUT2D eigenvalue weighted by molar-refractivity contribution is 5.94. The van der Waals surface area contributed by atoms with E-state index in [-0.39, 0.29) is 5.91 Å². The quantitative estimate of drug-likeness (QED) is 0.783. The van der Waals surface area contributed by atoms with Crippen LogP contribution in [-0.2, 0) is 17.9 Å². The predicted octanol–water partition coefficient (Wildman–Crippen LogP) is 3.12. The predicted molar refractivity (Wildman–Crippen MR) is 92.5 cm³/mol. The molecule has 0 aliphatic rings. The Bertz CT molecular complexity index is 682. The first-order chi connectivity index (χ1) is 11.6. The van der Waals surface area contributed by atoms with Gasteiger partial charge in [-0.15, -0.1) is 0 Å². The molecule has 0 radical (unpaired) electrons. The Morgan fingerprint density at radius 1 is 0.917 bits per heavy atom. The molecule has 0 aliphatic heterocycles. The minimum atomic E-state index is -0.0336. The van der Waals surface area contributed by atoms with Crippen molar-refractivity contribution >= 4 is 5.91 Å². The lowest BCUT2D eigenvalue weighted by molar-refractivity contribution is 0.0785. The van der Waals surface area contributed by atoms with Gasteiger partial charge in [0.05, 0.1) is 20.8 Å². The van der Waals surface area contributed by atoms with E-state index in [1.54, 1.807) is 33.3 Å². The number of carbonyl (C=O) groups excluding carboxylic acids is 1. The van der Waals surface area contributed by atoms with Crippen molar-refractivity contribution in [3.8, 4) is 11.5 Å². The van der Waals surface area contributed by atoms with Gasteiger partial charge in [0.2, 0.25) is 0 Å². The zero-order valence-electron chi connectivity index (χ0n) is 14.5. The molecule has 0 heterocycles. The maximum Gasteiger partial charge on any atom is 0.253 e. The zero-order chi connectivity index (χ0) is 17.5. The first kappa shape index (κ1) is 17.8. The van der Waals surface area contributed by atoms with E-state index in [1.165, 1.54) is 0 Å². The van der Waals surface area contributed by atoms with Crippen molar-refractivity contribution in [3.05, 3.63) is 59.2 Å². The number of benzene rings is 2. The minimum absolute atomic E-state index is 0.0336. The van der Waals surface area contributed by atoms with Gasteiger partial charge in [0.1, 0.15) is 0 Å². The van der Waals surface area contributed by atoms with Crippen molar-refractivity contribution in [2.45, 2.75) is 13.2 Å². The van der Waals surface area contributed by atoms with Crippen LogP contribution in [0.2, 0.25) is 0 Å². The first-order valence-corrected chi connectivity index (χ1v) is 7.63. The van der Waals surface area contributed by atoms with Gasteiger partial charge in [-0.25, -0.2) is 0 Å². The summed E-state index contributed by atoms with van der Waals surface area (Å²) in [6.45, 7) is 1.02. The standard InChI is InChI=1S/C19H23NO4/c1-20(12-15-7-10-17(23-3)18(11-15)24-4)19(21)16-8-5-14(6-9-16)13-22-2/h5-11H,12-13H2,1-4H3. The van der Waals surface area contributed by atoms with Gasteiger partial charge in [0.25, 0.3) is 5.91 Å². The van der Waals surface area contributed by atoms with Gasteiger partial charge in [0.15, 0.2) is 11.5 Å². The van der Waals surface area contributed by atoms with E-state index in [0.29, 0.717) is 30.2 Å². The smallest absolute Gasteiger partial charge is 0.253 e. The van der Waals surface area contributed by atoms with Crippen molar-refractivity contribution < 1.29 is 19.0 Å². The van der Waals surface area contributed by atoms with Crippen LogP contribution in [0.15, 0.2) is 42.5 Å². The van der Waals surface area contributed by atoms with Crippen LogP contribution >= 0.6 is 0 Å². The number of carbonyl (C=O) groups is 1. The number of rotatable bonds is 7. The van der Waals surface area contributed by atoms with Crippen LogP contribution in [0.1, 0.15) is 21.5 Å². The number of nitrogens with zero attached hydrogens (tertiary/aromatic N) is 1. The second kappa shape index (κ2) is 8.36. The zero-order valence-corrected chi connectivity index (χ0v) is 14.5. The van der Waals surface area contributed by atoms with Gasteiger partial charge in [-0.1, -0.05) is 18.2 Å². The monoisotopic (exact) mass is 329 g/mol. The summed E-state index contributed by atoms with van der Waals surface area (Å²) in [5, 5.41) is 0. The lowest BCUT2D eigenvalue weighted by Crippen LogP contribution is -2.26. The molecule has 5 heteroatoms. The van der Waals surface area contributed by atoms with Crippen LogP contribution in [0.4, 0.5) is 0 Å². The van der Waals surface area contributed by atoms with Gasteiger partial charge in [-0.3, -0.25) is 4.79 Å². The Morgan fingerprint density at radius 2 is 1.54 bits per heavy atom. The fourth-order valence-electron chi connectivity index (χ4n) is 2.46. The number of methoxy groups -OCH3 is 3. The third kappa shape index (κ3) is 4.26. The highest BCUT2D eigenvalue weighted by Crippen LogP contribution is 2.28. The fourth-order valence-corrected chi connectivity index (χ4v) is 2.46. The lowest BCUT2D eigenvalue weighted by atomic mass is 10.1. The van der Waals surface area contributed by atoms with E-state index in [1.807, 2.05) is 42.5 Å². The van der Waals surface area contributed by atoms with E-state index in [2.05, 4.69) is 0 Å². The molecule has 128 valence electrons. The Kier molecular flexibility index (Phi) is 6.21. The molecule has 24 heavy (non-hydrogen) atoms. The first-order valence-electron chi connectivity index (χ1n) is 7.63. The molecule has 0 aromatic heterocycles. The Hall–Kier alpha value is -2.53. The third-order valence-electron chi connectivity index (χ3n) is 3.73. The van der Waals surface area contributed by atoms with Crippen LogP contribution in [0, 0.1) is 0 Å². The average Bonchev–Trinajstić information content (AvgIpc) is 2.61. The Morgan fingerprint density at radius 3 is 2.12 bits per heavy atom. The van der Waals surface area contributed by atoms with Gasteiger partial charge in [-0.2, -0.15) is 0 Å². The maximum absolute atomic E-state index is 12.5. The molecule has 1 amide bonds. The maximum atomic E-state index is 12.5. The van der Waals surface area contributed by atoms with E-state index < -0.39 is 0 Å². The molecule has 0 bridgehead atoms. The van der Waals surface area contributed by atoms with Crippen molar-refractivity contribution in [2.24, 2.45) is 0 Å². The van der Waals surface area contributed by atoms with Crippen LogP contribution in [-0.4, -0.2) is 39.2 Å². The summed E-state index contributed by atoms with van der Waals surface area (Å²) in [5.41, 5.74) is 2.66. The Labute approximate surface area is 142 Å². The summed E-state index contributed by atoms with van der Waals surface area (Å²) in [6.07, 6.45) is 0.